The summed E-state index contributed by atoms with van der Waals surface area (Å²) >= 11 is 0. The topological polar surface area (TPSA) is 106 Å². The van der Waals surface area contributed by atoms with Crippen LogP contribution in [0.4, 0.5) is 14.5 Å². The Hall–Kier alpha value is -3.82. The minimum Gasteiger partial charge on any atom is -0.345 e. The van der Waals surface area contributed by atoms with Gasteiger partial charge in [0, 0.05) is 17.3 Å². The maximum atomic E-state index is 13.2. The summed E-state index contributed by atoms with van der Waals surface area (Å²) in [6.45, 7) is 0.976. The average molecular weight is 402 g/mol. The zero-order valence-electron chi connectivity index (χ0n) is 15.2. The SMILES string of the molecule is Cc1ccccc1-c1noc(=O)n1CC(=O)NCC(=O)Nc1ccc(F)c(F)c1. The number of aromatic nitrogens is 2. The Morgan fingerprint density at radius 1 is 1.10 bits per heavy atom. The van der Waals surface area contributed by atoms with Crippen LogP contribution in [0.3, 0.4) is 0 Å². The maximum Gasteiger partial charge on any atom is 0.442 e. The van der Waals surface area contributed by atoms with Gasteiger partial charge in [0.25, 0.3) is 0 Å². The summed E-state index contributed by atoms with van der Waals surface area (Å²) < 4.78 is 31.8. The molecule has 0 aliphatic rings. The molecule has 0 fully saturated rings. The Morgan fingerprint density at radius 3 is 2.59 bits per heavy atom. The maximum absolute atomic E-state index is 13.2. The van der Waals surface area contributed by atoms with E-state index >= 15 is 0 Å². The number of carbonyl (C=O) groups excluding carboxylic acids is 2. The van der Waals surface area contributed by atoms with E-state index in [9.17, 15) is 23.2 Å². The zero-order chi connectivity index (χ0) is 21.0. The lowest BCUT2D eigenvalue weighted by Gasteiger charge is -2.09. The molecule has 3 aromatic rings. The van der Waals surface area contributed by atoms with E-state index in [0.717, 1.165) is 22.3 Å². The number of nitrogens with zero attached hydrogens (tertiary/aromatic N) is 2. The van der Waals surface area contributed by atoms with Gasteiger partial charge in [-0.15, -0.1) is 0 Å². The van der Waals surface area contributed by atoms with Gasteiger partial charge in [-0.1, -0.05) is 29.4 Å². The van der Waals surface area contributed by atoms with Gasteiger partial charge in [-0.2, -0.15) is 0 Å². The van der Waals surface area contributed by atoms with Gasteiger partial charge in [0.05, 0.1) is 6.54 Å². The van der Waals surface area contributed by atoms with Crippen molar-refractivity contribution in [2.24, 2.45) is 0 Å². The van der Waals surface area contributed by atoms with Crippen LogP contribution in [0, 0.1) is 18.6 Å². The van der Waals surface area contributed by atoms with E-state index in [-0.39, 0.29) is 11.5 Å². The third-order valence-corrected chi connectivity index (χ3v) is 4.02. The van der Waals surface area contributed by atoms with Crippen molar-refractivity contribution in [2.45, 2.75) is 13.5 Å². The van der Waals surface area contributed by atoms with Gasteiger partial charge in [0.1, 0.15) is 6.54 Å². The van der Waals surface area contributed by atoms with Crippen LogP contribution in [-0.4, -0.2) is 28.1 Å². The molecule has 0 bridgehead atoms. The third kappa shape index (κ3) is 4.72. The van der Waals surface area contributed by atoms with Crippen molar-refractivity contribution in [1.82, 2.24) is 15.0 Å². The standard InChI is InChI=1S/C19H16F2N4O4/c1-11-4-2-3-5-13(11)18-24-29-19(28)25(18)10-17(27)22-9-16(26)23-12-6-7-14(20)15(21)8-12/h2-8H,9-10H2,1H3,(H,22,27)(H,23,26). The van der Waals surface area contributed by atoms with Crippen molar-refractivity contribution in [3.8, 4) is 11.4 Å². The van der Waals surface area contributed by atoms with Gasteiger partial charge in [-0.25, -0.2) is 18.1 Å². The number of rotatable bonds is 6. The molecule has 1 aromatic heterocycles. The zero-order valence-corrected chi connectivity index (χ0v) is 15.2. The lowest BCUT2D eigenvalue weighted by atomic mass is 10.1. The van der Waals surface area contributed by atoms with Crippen LogP contribution in [0.15, 0.2) is 51.8 Å². The largest absolute Gasteiger partial charge is 0.442 e. The van der Waals surface area contributed by atoms with Crippen molar-refractivity contribution in [3.05, 3.63) is 70.2 Å². The summed E-state index contributed by atoms with van der Waals surface area (Å²) in [5.74, 6) is -4.06. The van der Waals surface area contributed by atoms with Crippen LogP contribution >= 0.6 is 0 Å². The van der Waals surface area contributed by atoms with Gasteiger partial charge in [0.15, 0.2) is 17.5 Å². The first-order valence-corrected chi connectivity index (χ1v) is 8.49. The summed E-state index contributed by atoms with van der Waals surface area (Å²) in [5, 5.41) is 8.38. The van der Waals surface area contributed by atoms with Gasteiger partial charge in [0.2, 0.25) is 11.8 Å². The van der Waals surface area contributed by atoms with Crippen LogP contribution in [0.2, 0.25) is 0 Å². The molecule has 0 saturated carbocycles. The monoisotopic (exact) mass is 402 g/mol. The number of hydrogen-bond acceptors (Lipinski definition) is 5. The molecule has 0 saturated heterocycles. The second-order valence-corrected chi connectivity index (χ2v) is 6.13. The first-order chi connectivity index (χ1) is 13.8. The fourth-order valence-corrected chi connectivity index (χ4v) is 2.58. The molecule has 0 radical (unpaired) electrons. The van der Waals surface area contributed by atoms with E-state index in [2.05, 4.69) is 20.3 Å². The van der Waals surface area contributed by atoms with Crippen LogP contribution in [0.25, 0.3) is 11.4 Å². The predicted molar refractivity (Wildman–Crippen MR) is 98.9 cm³/mol. The number of aryl methyl sites for hydroxylation is 1. The first kappa shape index (κ1) is 19.9. The van der Waals surface area contributed by atoms with Gasteiger partial charge >= 0.3 is 5.76 Å². The highest BCUT2D eigenvalue weighted by atomic mass is 19.2. The Balaban J connectivity index is 1.62. The fourth-order valence-electron chi connectivity index (χ4n) is 2.58. The molecule has 8 nitrogen and oxygen atoms in total. The molecular weight excluding hydrogens is 386 g/mol. The Bertz CT molecular complexity index is 1120. The number of anilines is 1. The Morgan fingerprint density at radius 2 is 1.86 bits per heavy atom. The molecule has 3 rings (SSSR count). The summed E-state index contributed by atoms with van der Waals surface area (Å²) in [7, 11) is 0. The normalized spacial score (nSPS) is 10.6. The van der Waals surface area contributed by atoms with E-state index in [4.69, 9.17) is 0 Å². The van der Waals surface area contributed by atoms with Crippen molar-refractivity contribution in [1.29, 1.82) is 0 Å². The van der Waals surface area contributed by atoms with E-state index in [0.29, 0.717) is 5.56 Å². The number of nitrogens with one attached hydrogen (secondary N) is 2. The first-order valence-electron chi connectivity index (χ1n) is 8.49. The van der Waals surface area contributed by atoms with Crippen molar-refractivity contribution in [2.75, 3.05) is 11.9 Å². The molecule has 2 N–H and O–H groups in total. The number of amides is 2. The summed E-state index contributed by atoms with van der Waals surface area (Å²) in [6, 6.07) is 10.0. The molecule has 2 aromatic carbocycles. The second-order valence-electron chi connectivity index (χ2n) is 6.13. The van der Waals surface area contributed by atoms with Crippen molar-refractivity contribution in [3.63, 3.8) is 0 Å². The Kier molecular flexibility index (Phi) is 5.82. The molecule has 0 unspecified atom stereocenters. The Labute approximate surface area is 163 Å². The van der Waals surface area contributed by atoms with Crippen molar-refractivity contribution >= 4 is 17.5 Å². The molecule has 0 aliphatic carbocycles. The minimum atomic E-state index is -1.11. The smallest absolute Gasteiger partial charge is 0.345 e. The number of benzene rings is 2. The van der Waals surface area contributed by atoms with E-state index < -0.39 is 42.3 Å². The summed E-state index contributed by atoms with van der Waals surface area (Å²) in [6.07, 6.45) is 0. The lowest BCUT2D eigenvalue weighted by molar-refractivity contribution is -0.124. The van der Waals surface area contributed by atoms with Crippen LogP contribution in [0.1, 0.15) is 5.56 Å². The highest BCUT2D eigenvalue weighted by molar-refractivity contribution is 5.94. The molecule has 10 heteroatoms. The third-order valence-electron chi connectivity index (χ3n) is 4.02. The molecule has 29 heavy (non-hydrogen) atoms. The van der Waals surface area contributed by atoms with Gasteiger partial charge < -0.3 is 10.6 Å². The quantitative estimate of drug-likeness (QED) is 0.655. The van der Waals surface area contributed by atoms with E-state index in [1.165, 1.54) is 6.07 Å². The number of hydrogen-bond donors (Lipinski definition) is 2. The highest BCUT2D eigenvalue weighted by Crippen LogP contribution is 2.19. The van der Waals surface area contributed by atoms with Crippen LogP contribution in [0.5, 0.6) is 0 Å². The van der Waals surface area contributed by atoms with Crippen molar-refractivity contribution < 1.29 is 22.9 Å². The summed E-state index contributed by atoms with van der Waals surface area (Å²) in [4.78, 5) is 35.9. The summed E-state index contributed by atoms with van der Waals surface area (Å²) in [5.41, 5.74) is 1.50. The van der Waals surface area contributed by atoms with Gasteiger partial charge in [-0.05, 0) is 24.6 Å². The van der Waals surface area contributed by atoms with E-state index in [1.807, 2.05) is 19.1 Å². The fraction of sp³-hybridized carbons (Fsp3) is 0.158. The highest BCUT2D eigenvalue weighted by Gasteiger charge is 2.17. The minimum absolute atomic E-state index is 0.0419. The van der Waals surface area contributed by atoms with E-state index in [1.54, 1.807) is 12.1 Å². The molecular formula is C19H16F2N4O4. The number of halogens is 2. The molecule has 0 atom stereocenters. The van der Waals surface area contributed by atoms with Crippen LogP contribution < -0.4 is 16.4 Å². The van der Waals surface area contributed by atoms with Crippen LogP contribution in [-0.2, 0) is 16.1 Å². The molecule has 0 aliphatic heterocycles. The second kappa shape index (κ2) is 8.46. The lowest BCUT2D eigenvalue weighted by Crippen LogP contribution is -2.36. The molecule has 2 amide bonds. The number of carbonyl (C=O) groups is 2. The predicted octanol–water partition coefficient (Wildman–Crippen LogP) is 1.84. The average Bonchev–Trinajstić information content (AvgIpc) is 3.04. The van der Waals surface area contributed by atoms with Gasteiger partial charge in [-0.3, -0.25) is 14.1 Å². The molecule has 1 heterocycles. The molecule has 0 spiro atoms. The molecule has 150 valence electrons.